The quantitative estimate of drug-likeness (QED) is 0.855. The van der Waals surface area contributed by atoms with E-state index in [4.69, 9.17) is 5.26 Å². The number of rotatable bonds is 4. The molecule has 1 aromatic rings. The topological polar surface area (TPSA) is 90.3 Å². The van der Waals surface area contributed by atoms with E-state index in [1.165, 1.54) is 12.1 Å². The summed E-state index contributed by atoms with van der Waals surface area (Å²) in [5.74, 6) is -0.207. The number of amides is 1. The molecule has 0 atom stereocenters. The van der Waals surface area contributed by atoms with Crippen molar-refractivity contribution in [3.63, 3.8) is 0 Å². The number of benzene rings is 1. The van der Waals surface area contributed by atoms with Gasteiger partial charge in [-0.15, -0.1) is 0 Å². The fourth-order valence-corrected chi connectivity index (χ4v) is 3.46. The third-order valence-electron chi connectivity index (χ3n) is 3.36. The molecule has 1 amide bonds. The monoisotopic (exact) mass is 307 g/mol. The molecule has 1 aliphatic heterocycles. The highest BCUT2D eigenvalue weighted by Crippen LogP contribution is 2.13. The summed E-state index contributed by atoms with van der Waals surface area (Å²) >= 11 is 0. The molecule has 1 aromatic carbocycles. The highest BCUT2D eigenvalue weighted by molar-refractivity contribution is 7.91. The zero-order valence-electron chi connectivity index (χ0n) is 11.6. The smallest absolute Gasteiger partial charge is 0.236 e. The number of sulfone groups is 1. The van der Waals surface area contributed by atoms with E-state index >= 15 is 0 Å². The van der Waals surface area contributed by atoms with Crippen LogP contribution in [0.1, 0.15) is 12.0 Å². The standard InChI is InChI=1S/C14H17N3O3S/c15-10-12-3-1-4-13(9-12)21(19,20)8-7-17-6-2-5-16-11-14(17)18/h1,3-4,9,16H,2,5-8,11H2. The van der Waals surface area contributed by atoms with Gasteiger partial charge < -0.3 is 10.2 Å². The first kappa shape index (κ1) is 15.5. The Morgan fingerprint density at radius 1 is 1.38 bits per heavy atom. The largest absolute Gasteiger partial charge is 0.341 e. The summed E-state index contributed by atoms with van der Waals surface area (Å²) in [4.78, 5) is 13.5. The predicted octanol–water partition coefficient (Wildman–Crippen LogP) is 0.154. The van der Waals surface area contributed by atoms with Crippen LogP contribution in [0.4, 0.5) is 0 Å². The Hall–Kier alpha value is -1.91. The Bertz CT molecular complexity index is 664. The molecule has 1 aliphatic rings. The minimum Gasteiger partial charge on any atom is -0.341 e. The maximum Gasteiger partial charge on any atom is 0.236 e. The lowest BCUT2D eigenvalue weighted by molar-refractivity contribution is -0.129. The van der Waals surface area contributed by atoms with E-state index < -0.39 is 9.84 Å². The summed E-state index contributed by atoms with van der Waals surface area (Å²) in [5.41, 5.74) is 0.311. The van der Waals surface area contributed by atoms with Gasteiger partial charge >= 0.3 is 0 Å². The Morgan fingerprint density at radius 2 is 2.19 bits per heavy atom. The summed E-state index contributed by atoms with van der Waals surface area (Å²) < 4.78 is 24.5. The molecule has 0 aromatic heterocycles. The lowest BCUT2D eigenvalue weighted by atomic mass is 10.2. The molecule has 0 saturated carbocycles. The maximum absolute atomic E-state index is 12.3. The first-order valence-corrected chi connectivity index (χ1v) is 8.39. The fourth-order valence-electron chi connectivity index (χ4n) is 2.17. The van der Waals surface area contributed by atoms with Crippen molar-refractivity contribution in [3.8, 4) is 6.07 Å². The number of carbonyl (C=O) groups excluding carboxylic acids is 1. The zero-order chi connectivity index (χ0) is 15.3. The molecule has 0 bridgehead atoms. The second-order valence-electron chi connectivity index (χ2n) is 4.87. The number of hydrogen-bond acceptors (Lipinski definition) is 5. The van der Waals surface area contributed by atoms with Crippen LogP contribution in [-0.4, -0.2) is 51.2 Å². The van der Waals surface area contributed by atoms with Crippen LogP contribution in [0, 0.1) is 11.3 Å². The van der Waals surface area contributed by atoms with Gasteiger partial charge in [-0.3, -0.25) is 4.79 Å². The Balaban J connectivity index is 2.07. The number of hydrogen-bond donors (Lipinski definition) is 1. The molecule has 21 heavy (non-hydrogen) atoms. The third-order valence-corrected chi connectivity index (χ3v) is 5.05. The molecule has 2 rings (SSSR count). The number of nitrogens with zero attached hydrogens (tertiary/aromatic N) is 2. The van der Waals surface area contributed by atoms with Gasteiger partial charge in [0.25, 0.3) is 0 Å². The third kappa shape index (κ3) is 4.03. The number of nitriles is 1. The SMILES string of the molecule is N#Cc1cccc(S(=O)(=O)CCN2CCCNCC2=O)c1. The summed E-state index contributed by atoms with van der Waals surface area (Å²) in [5, 5.41) is 11.8. The molecule has 0 aliphatic carbocycles. The van der Waals surface area contributed by atoms with Crippen LogP contribution < -0.4 is 5.32 Å². The fraction of sp³-hybridized carbons (Fsp3) is 0.429. The molecular weight excluding hydrogens is 290 g/mol. The summed E-state index contributed by atoms with van der Waals surface area (Å²) in [7, 11) is -3.49. The Morgan fingerprint density at radius 3 is 2.95 bits per heavy atom. The molecule has 112 valence electrons. The van der Waals surface area contributed by atoms with Crippen molar-refractivity contribution in [2.45, 2.75) is 11.3 Å². The zero-order valence-corrected chi connectivity index (χ0v) is 12.4. The first-order chi connectivity index (χ1) is 10.0. The van der Waals surface area contributed by atoms with E-state index in [1.807, 2.05) is 6.07 Å². The van der Waals surface area contributed by atoms with Gasteiger partial charge in [0.2, 0.25) is 5.91 Å². The van der Waals surface area contributed by atoms with Crippen LogP contribution in [0.3, 0.4) is 0 Å². The van der Waals surface area contributed by atoms with Gasteiger partial charge in [-0.05, 0) is 31.2 Å². The highest BCUT2D eigenvalue weighted by Gasteiger charge is 2.21. The molecule has 0 spiro atoms. The van der Waals surface area contributed by atoms with E-state index in [1.54, 1.807) is 17.0 Å². The molecule has 1 saturated heterocycles. The van der Waals surface area contributed by atoms with Crippen molar-refractivity contribution in [3.05, 3.63) is 29.8 Å². The average Bonchev–Trinajstić information content (AvgIpc) is 2.70. The van der Waals surface area contributed by atoms with Gasteiger partial charge in [0.15, 0.2) is 9.84 Å². The average molecular weight is 307 g/mol. The van der Waals surface area contributed by atoms with Gasteiger partial charge in [-0.25, -0.2) is 8.42 Å². The summed E-state index contributed by atoms with van der Waals surface area (Å²) in [6.07, 6.45) is 0.815. The maximum atomic E-state index is 12.3. The van der Waals surface area contributed by atoms with Crippen LogP contribution in [0.15, 0.2) is 29.2 Å². The van der Waals surface area contributed by atoms with Crippen LogP contribution in [0.2, 0.25) is 0 Å². The minimum atomic E-state index is -3.49. The lowest BCUT2D eigenvalue weighted by Gasteiger charge is -2.19. The summed E-state index contributed by atoms with van der Waals surface area (Å²) in [6.45, 7) is 1.77. The van der Waals surface area contributed by atoms with Crippen LogP contribution >= 0.6 is 0 Å². The molecule has 0 radical (unpaired) electrons. The molecule has 1 fully saturated rings. The normalized spacial score (nSPS) is 16.3. The molecule has 0 unspecified atom stereocenters. The minimum absolute atomic E-state index is 0.0755. The van der Waals surface area contributed by atoms with Crippen LogP contribution in [0.5, 0.6) is 0 Å². The molecular formula is C14H17N3O3S. The van der Waals surface area contributed by atoms with Crippen molar-refractivity contribution in [2.75, 3.05) is 31.9 Å². The predicted molar refractivity (Wildman–Crippen MR) is 77.3 cm³/mol. The van der Waals surface area contributed by atoms with Crippen molar-refractivity contribution in [2.24, 2.45) is 0 Å². The molecule has 6 nitrogen and oxygen atoms in total. The highest BCUT2D eigenvalue weighted by atomic mass is 32.2. The van der Waals surface area contributed by atoms with E-state index in [0.717, 1.165) is 13.0 Å². The van der Waals surface area contributed by atoms with Gasteiger partial charge in [0, 0.05) is 13.1 Å². The van der Waals surface area contributed by atoms with E-state index in [2.05, 4.69) is 5.32 Å². The van der Waals surface area contributed by atoms with Crippen molar-refractivity contribution < 1.29 is 13.2 Å². The van der Waals surface area contributed by atoms with Crippen LogP contribution in [-0.2, 0) is 14.6 Å². The van der Waals surface area contributed by atoms with Crippen molar-refractivity contribution in [1.82, 2.24) is 10.2 Å². The Kier molecular flexibility index (Phi) is 4.94. The first-order valence-electron chi connectivity index (χ1n) is 6.74. The molecule has 1 heterocycles. The van der Waals surface area contributed by atoms with Crippen molar-refractivity contribution in [1.29, 1.82) is 5.26 Å². The second kappa shape index (κ2) is 6.70. The van der Waals surface area contributed by atoms with Gasteiger partial charge in [0.05, 0.1) is 28.8 Å². The number of nitrogens with one attached hydrogen (secondary N) is 1. The number of carbonyl (C=O) groups is 1. The van der Waals surface area contributed by atoms with E-state index in [0.29, 0.717) is 12.1 Å². The molecule has 7 heteroatoms. The van der Waals surface area contributed by atoms with Gasteiger partial charge in [-0.1, -0.05) is 6.07 Å². The summed E-state index contributed by atoms with van der Waals surface area (Å²) in [6, 6.07) is 7.87. The van der Waals surface area contributed by atoms with E-state index in [9.17, 15) is 13.2 Å². The lowest BCUT2D eigenvalue weighted by Crippen LogP contribution is -2.37. The second-order valence-corrected chi connectivity index (χ2v) is 6.98. The van der Waals surface area contributed by atoms with E-state index in [-0.39, 0.29) is 29.6 Å². The Labute approximate surface area is 124 Å². The van der Waals surface area contributed by atoms with Crippen LogP contribution in [0.25, 0.3) is 0 Å². The molecule has 1 N–H and O–H groups in total. The van der Waals surface area contributed by atoms with Gasteiger partial charge in [-0.2, -0.15) is 5.26 Å². The van der Waals surface area contributed by atoms with Gasteiger partial charge in [0.1, 0.15) is 0 Å². The van der Waals surface area contributed by atoms with Crippen molar-refractivity contribution >= 4 is 15.7 Å².